The Labute approximate surface area is 162 Å². The van der Waals surface area contributed by atoms with Crippen molar-refractivity contribution >= 4 is 45.0 Å². The van der Waals surface area contributed by atoms with Crippen LogP contribution in [0.25, 0.3) is 45.0 Å². The zero-order valence-corrected chi connectivity index (χ0v) is 15.6. The van der Waals surface area contributed by atoms with Crippen LogP contribution in [0.2, 0.25) is 0 Å². The molecule has 0 aliphatic carbocycles. The Hall–Kier alpha value is -3.58. The summed E-state index contributed by atoms with van der Waals surface area (Å²) in [5.41, 5.74) is 2.39. The summed E-state index contributed by atoms with van der Waals surface area (Å²) in [7, 11) is 0. The molecule has 0 saturated carbocycles. The van der Waals surface area contributed by atoms with E-state index in [1.807, 2.05) is 0 Å². The summed E-state index contributed by atoms with van der Waals surface area (Å²) in [5, 5.41) is 9.45. The molecule has 0 amide bonds. The highest BCUT2D eigenvalue weighted by Crippen LogP contribution is 2.40. The minimum atomic E-state index is 0.930. The molecule has 0 aromatic heterocycles. The van der Waals surface area contributed by atoms with Crippen molar-refractivity contribution in [1.82, 2.24) is 0 Å². The van der Waals surface area contributed by atoms with Crippen LogP contribution in [0, 0.1) is 6.92 Å². The molecule has 0 fully saturated rings. The van der Waals surface area contributed by atoms with Crippen LogP contribution in [0.15, 0.2) is 72.8 Å². The van der Waals surface area contributed by atoms with Crippen LogP contribution >= 0.6 is 0 Å². The van der Waals surface area contributed by atoms with Crippen LogP contribution in [0.1, 0.15) is 11.1 Å². The number of benzene rings is 5. The van der Waals surface area contributed by atoms with Crippen LogP contribution in [-0.4, -0.2) is 0 Å². The van der Waals surface area contributed by atoms with Crippen LogP contribution in [0.5, 0.6) is 11.5 Å². The van der Waals surface area contributed by atoms with Crippen molar-refractivity contribution in [2.75, 3.05) is 0 Å². The molecule has 0 saturated heterocycles. The Morgan fingerprint density at radius 1 is 0.679 bits per heavy atom. The van der Waals surface area contributed by atoms with E-state index in [4.69, 9.17) is 4.74 Å². The highest BCUT2D eigenvalue weighted by Gasteiger charge is 2.19. The van der Waals surface area contributed by atoms with Gasteiger partial charge in [0.25, 0.3) is 0 Å². The molecule has 0 bridgehead atoms. The molecule has 1 aliphatic rings. The lowest BCUT2D eigenvalue weighted by Gasteiger charge is -2.21. The first-order chi connectivity index (χ1) is 13.7. The number of ether oxygens (including phenoxy) is 1. The number of aryl methyl sites for hydroxylation is 1. The summed E-state index contributed by atoms with van der Waals surface area (Å²) in [4.78, 5) is 0. The lowest BCUT2D eigenvalue weighted by molar-refractivity contribution is 0.481. The average Bonchev–Trinajstić information content (AvgIpc) is 2.73. The van der Waals surface area contributed by atoms with Crippen LogP contribution in [0.4, 0.5) is 0 Å². The summed E-state index contributed by atoms with van der Waals surface area (Å²) < 4.78 is 6.58. The van der Waals surface area contributed by atoms with E-state index in [9.17, 15) is 0 Å². The third kappa shape index (κ3) is 2.02. The Bertz CT molecular complexity index is 1560. The fraction of sp³-hybridized carbons (Fsp3) is 0.0370. The zero-order chi connectivity index (χ0) is 18.8. The second kappa shape index (κ2) is 5.46. The lowest BCUT2D eigenvalue weighted by atomic mass is 9.93. The zero-order valence-electron chi connectivity index (χ0n) is 15.6. The van der Waals surface area contributed by atoms with E-state index in [1.165, 1.54) is 32.5 Å². The predicted molar refractivity (Wildman–Crippen MR) is 119 cm³/mol. The van der Waals surface area contributed by atoms with E-state index < -0.39 is 0 Å². The molecular weight excluding hydrogens is 340 g/mol. The molecule has 28 heavy (non-hydrogen) atoms. The van der Waals surface area contributed by atoms with Gasteiger partial charge in [0, 0.05) is 16.2 Å². The molecule has 5 aromatic carbocycles. The third-order valence-electron chi connectivity index (χ3n) is 5.84. The van der Waals surface area contributed by atoms with Gasteiger partial charge in [0.2, 0.25) is 0 Å². The SMILES string of the molecule is C=c1ccc2c3c(c4ccccc4c2c1)=Cc1c(cc(C)c2ccccc12)O3. The normalized spacial score (nSPS) is 12.5. The number of rotatable bonds is 0. The van der Waals surface area contributed by atoms with Crippen molar-refractivity contribution in [3.63, 3.8) is 0 Å². The van der Waals surface area contributed by atoms with Gasteiger partial charge < -0.3 is 4.74 Å². The minimum Gasteiger partial charge on any atom is -0.455 e. The van der Waals surface area contributed by atoms with E-state index in [0.29, 0.717) is 0 Å². The van der Waals surface area contributed by atoms with Gasteiger partial charge in [-0.3, -0.25) is 0 Å². The Morgan fingerprint density at radius 3 is 2.21 bits per heavy atom. The third-order valence-corrected chi connectivity index (χ3v) is 5.84. The first-order valence-electron chi connectivity index (χ1n) is 9.56. The van der Waals surface area contributed by atoms with Gasteiger partial charge in [-0.1, -0.05) is 67.2 Å². The molecule has 1 nitrogen and oxygen atoms in total. The lowest BCUT2D eigenvalue weighted by Crippen LogP contribution is -2.14. The summed E-state index contributed by atoms with van der Waals surface area (Å²) in [5.74, 6) is 1.87. The molecule has 1 heterocycles. The van der Waals surface area contributed by atoms with E-state index in [1.54, 1.807) is 0 Å². The summed E-state index contributed by atoms with van der Waals surface area (Å²) >= 11 is 0. The number of hydrogen-bond donors (Lipinski definition) is 0. The fourth-order valence-electron chi connectivity index (χ4n) is 4.52. The summed E-state index contributed by atoms with van der Waals surface area (Å²) in [6, 6.07) is 25.6. The average molecular weight is 358 g/mol. The van der Waals surface area contributed by atoms with Crippen LogP contribution in [-0.2, 0) is 0 Å². The monoisotopic (exact) mass is 358 g/mol. The van der Waals surface area contributed by atoms with Gasteiger partial charge >= 0.3 is 0 Å². The molecule has 132 valence electrons. The second-order valence-corrected chi connectivity index (χ2v) is 7.57. The van der Waals surface area contributed by atoms with Crippen molar-refractivity contribution in [2.24, 2.45) is 0 Å². The summed E-state index contributed by atoms with van der Waals surface area (Å²) in [6.07, 6.45) is 2.30. The summed E-state index contributed by atoms with van der Waals surface area (Å²) in [6.45, 7) is 6.27. The molecule has 0 radical (unpaired) electrons. The first-order valence-corrected chi connectivity index (χ1v) is 9.56. The fourth-order valence-corrected chi connectivity index (χ4v) is 4.52. The Balaban J connectivity index is 1.86. The van der Waals surface area contributed by atoms with Crippen molar-refractivity contribution in [3.05, 3.63) is 94.4 Å². The second-order valence-electron chi connectivity index (χ2n) is 7.57. The van der Waals surface area contributed by atoms with E-state index in [2.05, 4.69) is 92.4 Å². The molecule has 1 heteroatoms. The molecule has 6 rings (SSSR count). The van der Waals surface area contributed by atoms with Gasteiger partial charge in [-0.15, -0.1) is 0 Å². The van der Waals surface area contributed by atoms with Crippen molar-refractivity contribution in [2.45, 2.75) is 6.92 Å². The quantitative estimate of drug-likeness (QED) is 0.312. The predicted octanol–water partition coefficient (Wildman–Crippen LogP) is 5.80. The Kier molecular flexibility index (Phi) is 3.02. The van der Waals surface area contributed by atoms with Gasteiger partial charge in [0.1, 0.15) is 11.5 Å². The maximum Gasteiger partial charge on any atom is 0.143 e. The van der Waals surface area contributed by atoms with Crippen molar-refractivity contribution in [3.8, 4) is 11.5 Å². The van der Waals surface area contributed by atoms with Crippen molar-refractivity contribution < 1.29 is 4.74 Å². The molecule has 1 aliphatic heterocycles. The maximum absolute atomic E-state index is 6.58. The molecular formula is C27H18O. The van der Waals surface area contributed by atoms with Gasteiger partial charge in [-0.05, 0) is 62.8 Å². The largest absolute Gasteiger partial charge is 0.455 e. The molecule has 5 aromatic rings. The Morgan fingerprint density at radius 2 is 1.39 bits per heavy atom. The van der Waals surface area contributed by atoms with Gasteiger partial charge in [0.15, 0.2) is 0 Å². The van der Waals surface area contributed by atoms with E-state index in [-0.39, 0.29) is 0 Å². The molecule has 0 spiro atoms. The topological polar surface area (TPSA) is 9.23 Å². The highest BCUT2D eigenvalue weighted by molar-refractivity contribution is 6.12. The molecule has 0 atom stereocenters. The highest BCUT2D eigenvalue weighted by atomic mass is 16.5. The standard InChI is InChI=1S/C27H18O/c1-16-11-12-22-23(13-16)20-9-5-6-10-21(20)25-15-24-19-8-4-3-7-18(19)17(2)14-26(24)28-27(22)25/h3-15H,1H2,2H3. The van der Waals surface area contributed by atoms with Crippen molar-refractivity contribution in [1.29, 1.82) is 0 Å². The smallest absolute Gasteiger partial charge is 0.143 e. The minimum absolute atomic E-state index is 0.930. The van der Waals surface area contributed by atoms with Crippen LogP contribution < -0.4 is 15.2 Å². The maximum atomic E-state index is 6.58. The van der Waals surface area contributed by atoms with E-state index >= 15 is 0 Å². The number of hydrogen-bond acceptors (Lipinski definition) is 1. The van der Waals surface area contributed by atoms with Gasteiger partial charge in [-0.25, -0.2) is 0 Å². The van der Waals surface area contributed by atoms with Gasteiger partial charge in [0.05, 0.1) is 0 Å². The van der Waals surface area contributed by atoms with Crippen LogP contribution in [0.3, 0.4) is 0 Å². The van der Waals surface area contributed by atoms with E-state index in [0.717, 1.165) is 32.9 Å². The van der Waals surface area contributed by atoms with Gasteiger partial charge in [-0.2, -0.15) is 0 Å². The molecule has 0 unspecified atom stereocenters. The number of fused-ring (bicyclic) bond motifs is 9. The first kappa shape index (κ1) is 15.5. The molecule has 0 N–H and O–H groups in total.